The number of benzene rings is 1. The summed E-state index contributed by atoms with van der Waals surface area (Å²) in [6.45, 7) is 1.68. The third-order valence-corrected chi connectivity index (χ3v) is 3.45. The van der Waals surface area contributed by atoms with Gasteiger partial charge in [-0.3, -0.25) is 4.79 Å². The smallest absolute Gasteiger partial charge is 0.315 e. The Morgan fingerprint density at radius 2 is 2.24 bits per heavy atom. The molecule has 2 aromatic rings. The van der Waals surface area contributed by atoms with E-state index in [1.807, 2.05) is 30.3 Å². The molecule has 3 nitrogen and oxygen atoms in total. The summed E-state index contributed by atoms with van der Waals surface area (Å²) in [5.41, 5.74) is 0. The lowest BCUT2D eigenvalue weighted by Crippen LogP contribution is -2.17. The number of carbonyl (C=O) groups is 2. The standard InChI is InChI=1S/C13H12O3S/c1-9(6-7-14)13(15)16-12-8-10-4-2-3-5-11(10)17-12/h2-5,7-9H,6H2,1H3. The molecule has 0 bridgehead atoms. The Labute approximate surface area is 103 Å². The van der Waals surface area contributed by atoms with Gasteiger partial charge in [-0.2, -0.15) is 0 Å². The van der Waals surface area contributed by atoms with Crippen molar-refractivity contribution < 1.29 is 14.3 Å². The van der Waals surface area contributed by atoms with E-state index in [1.165, 1.54) is 11.3 Å². The van der Waals surface area contributed by atoms with Crippen LogP contribution < -0.4 is 4.74 Å². The Bertz CT molecular complexity index is 511. The summed E-state index contributed by atoms with van der Waals surface area (Å²) in [4.78, 5) is 21.9. The molecule has 0 saturated heterocycles. The van der Waals surface area contributed by atoms with E-state index in [-0.39, 0.29) is 12.4 Å². The topological polar surface area (TPSA) is 43.4 Å². The highest BCUT2D eigenvalue weighted by atomic mass is 32.1. The quantitative estimate of drug-likeness (QED) is 0.617. The lowest BCUT2D eigenvalue weighted by Gasteiger charge is -2.05. The molecule has 4 heteroatoms. The van der Waals surface area contributed by atoms with Gasteiger partial charge in [-0.15, -0.1) is 0 Å². The van der Waals surface area contributed by atoms with Gasteiger partial charge in [0.1, 0.15) is 6.29 Å². The van der Waals surface area contributed by atoms with Gasteiger partial charge in [0, 0.05) is 17.2 Å². The van der Waals surface area contributed by atoms with Crippen LogP contribution in [0.25, 0.3) is 10.1 Å². The first kappa shape index (κ1) is 11.8. The van der Waals surface area contributed by atoms with Crippen molar-refractivity contribution in [3.05, 3.63) is 30.3 Å². The molecule has 0 saturated carbocycles. The molecular formula is C13H12O3S. The van der Waals surface area contributed by atoms with E-state index in [9.17, 15) is 9.59 Å². The molecule has 88 valence electrons. The number of fused-ring (bicyclic) bond motifs is 1. The lowest BCUT2D eigenvalue weighted by atomic mass is 10.1. The third-order valence-electron chi connectivity index (χ3n) is 2.46. The summed E-state index contributed by atoms with van der Waals surface area (Å²) < 4.78 is 6.32. The van der Waals surface area contributed by atoms with E-state index in [4.69, 9.17) is 4.74 Å². The van der Waals surface area contributed by atoms with Crippen LogP contribution in [0, 0.1) is 5.92 Å². The largest absolute Gasteiger partial charge is 0.415 e. The summed E-state index contributed by atoms with van der Waals surface area (Å²) in [6, 6.07) is 9.67. The van der Waals surface area contributed by atoms with Crippen LogP contribution in [-0.4, -0.2) is 12.3 Å². The van der Waals surface area contributed by atoms with Crippen LogP contribution in [0.1, 0.15) is 13.3 Å². The Hall–Kier alpha value is -1.68. The summed E-state index contributed by atoms with van der Waals surface area (Å²) in [5, 5.41) is 1.64. The van der Waals surface area contributed by atoms with Gasteiger partial charge in [0.15, 0.2) is 5.06 Å². The molecule has 1 unspecified atom stereocenters. The van der Waals surface area contributed by atoms with Crippen LogP contribution in [0.15, 0.2) is 30.3 Å². The number of thiophene rings is 1. The van der Waals surface area contributed by atoms with Crippen molar-refractivity contribution in [2.75, 3.05) is 0 Å². The fourth-order valence-corrected chi connectivity index (χ4v) is 2.37. The highest BCUT2D eigenvalue weighted by Crippen LogP contribution is 2.31. The van der Waals surface area contributed by atoms with E-state index in [0.29, 0.717) is 5.06 Å². The molecule has 1 atom stereocenters. The second-order valence-corrected chi connectivity index (χ2v) is 4.87. The van der Waals surface area contributed by atoms with E-state index in [2.05, 4.69) is 0 Å². The first-order chi connectivity index (χ1) is 8.20. The maximum absolute atomic E-state index is 11.6. The van der Waals surface area contributed by atoms with Crippen molar-refractivity contribution in [2.45, 2.75) is 13.3 Å². The molecular weight excluding hydrogens is 236 g/mol. The zero-order valence-electron chi connectivity index (χ0n) is 9.38. The second kappa shape index (κ2) is 5.10. The number of hydrogen-bond donors (Lipinski definition) is 0. The lowest BCUT2D eigenvalue weighted by molar-refractivity contribution is -0.139. The number of ether oxygens (including phenoxy) is 1. The highest BCUT2D eigenvalue weighted by Gasteiger charge is 2.15. The zero-order valence-corrected chi connectivity index (χ0v) is 10.2. The Kier molecular flexibility index (Phi) is 3.54. The van der Waals surface area contributed by atoms with Gasteiger partial charge in [0.25, 0.3) is 0 Å². The Morgan fingerprint density at radius 3 is 2.94 bits per heavy atom. The van der Waals surface area contributed by atoms with Crippen LogP contribution in [0.5, 0.6) is 5.06 Å². The van der Waals surface area contributed by atoms with Crippen molar-refractivity contribution in [2.24, 2.45) is 5.92 Å². The number of esters is 1. The molecule has 0 amide bonds. The molecule has 0 aliphatic rings. The minimum absolute atomic E-state index is 0.198. The average Bonchev–Trinajstić information content (AvgIpc) is 2.71. The number of aldehydes is 1. The molecule has 0 spiro atoms. The van der Waals surface area contributed by atoms with Crippen molar-refractivity contribution in [1.82, 2.24) is 0 Å². The molecule has 0 aliphatic heterocycles. The van der Waals surface area contributed by atoms with Crippen LogP contribution in [0.3, 0.4) is 0 Å². The summed E-state index contributed by atoms with van der Waals surface area (Å²) in [5.74, 6) is -0.749. The predicted octanol–water partition coefficient (Wildman–Crippen LogP) is 3.03. The van der Waals surface area contributed by atoms with Gasteiger partial charge in [-0.1, -0.05) is 36.5 Å². The Morgan fingerprint density at radius 1 is 1.47 bits per heavy atom. The van der Waals surface area contributed by atoms with Crippen molar-refractivity contribution >= 4 is 33.7 Å². The summed E-state index contributed by atoms with van der Waals surface area (Å²) in [7, 11) is 0. The Balaban J connectivity index is 2.13. The second-order valence-electron chi connectivity index (χ2n) is 3.83. The summed E-state index contributed by atoms with van der Waals surface area (Å²) >= 11 is 1.43. The highest BCUT2D eigenvalue weighted by molar-refractivity contribution is 7.20. The number of hydrogen-bond acceptors (Lipinski definition) is 4. The molecule has 1 aromatic carbocycles. The molecule has 1 aromatic heterocycles. The fraction of sp³-hybridized carbons (Fsp3) is 0.231. The predicted molar refractivity (Wildman–Crippen MR) is 67.3 cm³/mol. The minimum Gasteiger partial charge on any atom is -0.415 e. The number of rotatable bonds is 4. The first-order valence-electron chi connectivity index (χ1n) is 5.34. The van der Waals surface area contributed by atoms with E-state index in [0.717, 1.165) is 16.4 Å². The molecule has 0 aliphatic carbocycles. The van der Waals surface area contributed by atoms with Crippen molar-refractivity contribution in [3.63, 3.8) is 0 Å². The monoisotopic (exact) mass is 248 g/mol. The molecule has 0 radical (unpaired) electrons. The normalized spacial score (nSPS) is 12.3. The number of carbonyl (C=O) groups excluding carboxylic acids is 2. The molecule has 2 rings (SSSR count). The maximum atomic E-state index is 11.6. The van der Waals surface area contributed by atoms with E-state index >= 15 is 0 Å². The van der Waals surface area contributed by atoms with Gasteiger partial charge >= 0.3 is 5.97 Å². The van der Waals surface area contributed by atoms with Crippen LogP contribution >= 0.6 is 11.3 Å². The van der Waals surface area contributed by atoms with Crippen molar-refractivity contribution in [3.8, 4) is 5.06 Å². The molecule has 0 N–H and O–H groups in total. The van der Waals surface area contributed by atoms with Crippen LogP contribution in [0.2, 0.25) is 0 Å². The zero-order chi connectivity index (χ0) is 12.3. The molecule has 1 heterocycles. The molecule has 0 fully saturated rings. The van der Waals surface area contributed by atoms with Gasteiger partial charge in [-0.25, -0.2) is 0 Å². The first-order valence-corrected chi connectivity index (χ1v) is 6.16. The molecule has 17 heavy (non-hydrogen) atoms. The SMILES string of the molecule is CC(CC=O)C(=O)Oc1cc2ccccc2s1. The van der Waals surface area contributed by atoms with Gasteiger partial charge < -0.3 is 9.53 Å². The van der Waals surface area contributed by atoms with E-state index in [1.54, 1.807) is 6.92 Å². The van der Waals surface area contributed by atoms with Crippen LogP contribution in [0.4, 0.5) is 0 Å². The van der Waals surface area contributed by atoms with E-state index < -0.39 is 5.92 Å². The fourth-order valence-electron chi connectivity index (χ4n) is 1.45. The maximum Gasteiger partial charge on any atom is 0.315 e. The van der Waals surface area contributed by atoms with Crippen LogP contribution in [-0.2, 0) is 9.59 Å². The van der Waals surface area contributed by atoms with Gasteiger partial charge in [0.05, 0.1) is 5.92 Å². The summed E-state index contributed by atoms with van der Waals surface area (Å²) in [6.07, 6.45) is 0.931. The minimum atomic E-state index is -0.391. The van der Waals surface area contributed by atoms with Crippen molar-refractivity contribution in [1.29, 1.82) is 0 Å². The van der Waals surface area contributed by atoms with Gasteiger partial charge in [0.2, 0.25) is 0 Å². The third kappa shape index (κ3) is 2.71. The van der Waals surface area contributed by atoms with Gasteiger partial charge in [-0.05, 0) is 11.5 Å². The average molecular weight is 248 g/mol.